The Labute approximate surface area is 166 Å². The Morgan fingerprint density at radius 1 is 1.43 bits per heavy atom. The Morgan fingerprint density at radius 2 is 2.18 bits per heavy atom. The molecule has 3 amide bonds. The van der Waals surface area contributed by atoms with Gasteiger partial charge in [-0.25, -0.2) is 9.78 Å². The number of aromatic amines is 1. The molecule has 0 aliphatic carbocycles. The fourth-order valence-corrected chi connectivity index (χ4v) is 3.19. The zero-order valence-electron chi connectivity index (χ0n) is 15.1. The first-order chi connectivity index (χ1) is 13.3. The molecule has 1 aliphatic heterocycles. The molecule has 12 heteroatoms. The molecule has 154 valence electrons. The van der Waals surface area contributed by atoms with Crippen LogP contribution in [0.15, 0.2) is 12.5 Å². The van der Waals surface area contributed by atoms with Gasteiger partial charge in [-0.1, -0.05) is 0 Å². The van der Waals surface area contributed by atoms with E-state index in [0.717, 1.165) is 0 Å². The van der Waals surface area contributed by atoms with Gasteiger partial charge in [0.2, 0.25) is 17.7 Å². The van der Waals surface area contributed by atoms with E-state index in [1.54, 1.807) is 6.20 Å². The number of nitrogens with one attached hydrogen (secondary N) is 3. The van der Waals surface area contributed by atoms with Gasteiger partial charge in [0, 0.05) is 30.6 Å². The maximum Gasteiger partial charge on any atom is 0.326 e. The number of nitrogens with zero attached hydrogens (tertiary/aromatic N) is 2. The van der Waals surface area contributed by atoms with E-state index in [4.69, 9.17) is 5.73 Å². The Morgan fingerprint density at radius 3 is 2.79 bits per heavy atom. The predicted octanol–water partition coefficient (Wildman–Crippen LogP) is -2.11. The van der Waals surface area contributed by atoms with Crippen LogP contribution < -0.4 is 16.4 Å². The standard InChI is InChI=1S/C16H24N6O5S/c17-10(4-9-5-18-8-20-9)14(24)19-6-13(23)21-11(7-28)15(25)22-3-1-2-12(22)16(26)27/h5,8,10-12,28H,1-4,6-7,17H2,(H,18,20)(H,19,24)(H,21,23)(H,26,27). The number of carboxylic acids is 1. The number of hydrogen-bond donors (Lipinski definition) is 6. The SMILES string of the molecule is NC(Cc1cnc[nH]1)C(=O)NCC(=O)NC(CS)C(=O)N1CCCC1C(=O)O. The minimum absolute atomic E-state index is 0.000691. The molecule has 2 heterocycles. The molecule has 0 bridgehead atoms. The lowest BCUT2D eigenvalue weighted by molar-refractivity contribution is -0.149. The molecule has 1 aromatic rings. The van der Waals surface area contributed by atoms with E-state index in [0.29, 0.717) is 25.1 Å². The Balaban J connectivity index is 1.82. The lowest BCUT2D eigenvalue weighted by atomic mass is 10.1. The number of aliphatic carboxylic acids is 1. The number of rotatable bonds is 9. The van der Waals surface area contributed by atoms with Crippen molar-refractivity contribution in [1.82, 2.24) is 25.5 Å². The average molecular weight is 412 g/mol. The fraction of sp³-hybridized carbons (Fsp3) is 0.562. The van der Waals surface area contributed by atoms with Crippen molar-refractivity contribution in [3.05, 3.63) is 18.2 Å². The van der Waals surface area contributed by atoms with Crippen molar-refractivity contribution < 1.29 is 24.3 Å². The first-order valence-electron chi connectivity index (χ1n) is 8.77. The smallest absolute Gasteiger partial charge is 0.326 e. The van der Waals surface area contributed by atoms with Gasteiger partial charge >= 0.3 is 5.97 Å². The molecule has 1 aromatic heterocycles. The second-order valence-corrected chi connectivity index (χ2v) is 6.80. The Bertz CT molecular complexity index is 712. The Hall–Kier alpha value is -2.60. The molecule has 2 rings (SSSR count). The van der Waals surface area contributed by atoms with E-state index < -0.39 is 41.8 Å². The number of carbonyl (C=O) groups excluding carboxylic acids is 3. The topological polar surface area (TPSA) is 171 Å². The predicted molar refractivity (Wildman–Crippen MR) is 101 cm³/mol. The van der Waals surface area contributed by atoms with Crippen LogP contribution in [0.4, 0.5) is 0 Å². The van der Waals surface area contributed by atoms with Crippen molar-refractivity contribution in [2.45, 2.75) is 37.4 Å². The minimum Gasteiger partial charge on any atom is -0.480 e. The van der Waals surface area contributed by atoms with Crippen LogP contribution in [0.25, 0.3) is 0 Å². The highest BCUT2D eigenvalue weighted by molar-refractivity contribution is 7.80. The lowest BCUT2D eigenvalue weighted by Gasteiger charge is -2.26. The van der Waals surface area contributed by atoms with Crippen LogP contribution in [0.2, 0.25) is 0 Å². The van der Waals surface area contributed by atoms with Gasteiger partial charge in [-0.2, -0.15) is 12.6 Å². The molecule has 1 aliphatic rings. The number of imidazole rings is 1. The van der Waals surface area contributed by atoms with Crippen molar-refractivity contribution in [3.63, 3.8) is 0 Å². The molecule has 0 aromatic carbocycles. The van der Waals surface area contributed by atoms with Gasteiger partial charge in [0.05, 0.1) is 18.9 Å². The molecule has 0 saturated carbocycles. The molecular formula is C16H24N6O5S. The highest BCUT2D eigenvalue weighted by atomic mass is 32.1. The van der Waals surface area contributed by atoms with Gasteiger partial charge < -0.3 is 31.4 Å². The summed E-state index contributed by atoms with van der Waals surface area (Å²) in [5, 5.41) is 14.1. The quantitative estimate of drug-likeness (QED) is 0.252. The highest BCUT2D eigenvalue weighted by Crippen LogP contribution is 2.18. The number of H-pyrrole nitrogens is 1. The van der Waals surface area contributed by atoms with E-state index in [-0.39, 0.29) is 18.7 Å². The van der Waals surface area contributed by atoms with Gasteiger partial charge in [0.15, 0.2) is 0 Å². The summed E-state index contributed by atoms with van der Waals surface area (Å²) in [5.74, 6) is -2.70. The van der Waals surface area contributed by atoms with Crippen LogP contribution in [0.3, 0.4) is 0 Å². The van der Waals surface area contributed by atoms with Crippen molar-refractivity contribution in [1.29, 1.82) is 0 Å². The van der Waals surface area contributed by atoms with Gasteiger partial charge in [0.1, 0.15) is 12.1 Å². The molecule has 6 N–H and O–H groups in total. The molecule has 0 radical (unpaired) electrons. The first kappa shape index (κ1) is 21.7. The summed E-state index contributed by atoms with van der Waals surface area (Å²) in [4.78, 5) is 55.7. The summed E-state index contributed by atoms with van der Waals surface area (Å²) < 4.78 is 0. The number of hydrogen-bond acceptors (Lipinski definition) is 7. The summed E-state index contributed by atoms with van der Waals surface area (Å²) in [5.41, 5.74) is 6.46. The van der Waals surface area contributed by atoms with Crippen LogP contribution >= 0.6 is 12.6 Å². The number of nitrogens with two attached hydrogens (primary N) is 1. The van der Waals surface area contributed by atoms with Crippen molar-refractivity contribution >= 4 is 36.3 Å². The third-order valence-corrected chi connectivity index (χ3v) is 4.76. The van der Waals surface area contributed by atoms with Crippen LogP contribution in [-0.4, -0.2) is 80.6 Å². The molecular weight excluding hydrogens is 388 g/mol. The van der Waals surface area contributed by atoms with Crippen LogP contribution in [0.5, 0.6) is 0 Å². The van der Waals surface area contributed by atoms with E-state index in [2.05, 4.69) is 33.2 Å². The van der Waals surface area contributed by atoms with Gasteiger partial charge in [-0.05, 0) is 12.8 Å². The third kappa shape index (κ3) is 5.70. The van der Waals surface area contributed by atoms with Crippen LogP contribution in [-0.2, 0) is 25.6 Å². The Kier molecular flexibility index (Phi) is 7.81. The summed E-state index contributed by atoms with van der Waals surface area (Å²) in [7, 11) is 0. The van der Waals surface area contributed by atoms with E-state index in [9.17, 15) is 24.3 Å². The van der Waals surface area contributed by atoms with Crippen LogP contribution in [0, 0.1) is 0 Å². The molecule has 3 unspecified atom stereocenters. The number of carbonyl (C=O) groups is 4. The molecule has 3 atom stereocenters. The second-order valence-electron chi connectivity index (χ2n) is 6.44. The molecule has 28 heavy (non-hydrogen) atoms. The zero-order valence-corrected chi connectivity index (χ0v) is 16.0. The number of thiol groups is 1. The lowest BCUT2D eigenvalue weighted by Crippen LogP contribution is -2.54. The summed E-state index contributed by atoms with van der Waals surface area (Å²) in [6, 6.07) is -2.74. The van der Waals surface area contributed by atoms with Gasteiger partial charge in [-0.3, -0.25) is 14.4 Å². The summed E-state index contributed by atoms with van der Waals surface area (Å²) >= 11 is 4.07. The monoisotopic (exact) mass is 412 g/mol. The fourth-order valence-electron chi connectivity index (χ4n) is 2.94. The van der Waals surface area contributed by atoms with Crippen LogP contribution in [0.1, 0.15) is 18.5 Å². The van der Waals surface area contributed by atoms with E-state index >= 15 is 0 Å². The van der Waals surface area contributed by atoms with E-state index in [1.165, 1.54) is 11.2 Å². The minimum atomic E-state index is -1.08. The molecule has 11 nitrogen and oxygen atoms in total. The number of carboxylic acid groups (broad SMARTS) is 1. The largest absolute Gasteiger partial charge is 0.480 e. The van der Waals surface area contributed by atoms with Crippen molar-refractivity contribution in [2.75, 3.05) is 18.8 Å². The normalized spacial score (nSPS) is 18.4. The first-order valence-corrected chi connectivity index (χ1v) is 9.40. The van der Waals surface area contributed by atoms with E-state index in [1.807, 2.05) is 0 Å². The summed E-state index contributed by atoms with van der Waals surface area (Å²) in [6.07, 6.45) is 4.21. The van der Waals surface area contributed by atoms with Gasteiger partial charge in [0.25, 0.3) is 0 Å². The molecule has 1 saturated heterocycles. The number of amides is 3. The van der Waals surface area contributed by atoms with Gasteiger partial charge in [-0.15, -0.1) is 0 Å². The zero-order chi connectivity index (χ0) is 20.7. The maximum atomic E-state index is 12.5. The number of likely N-dealkylation sites (tertiary alicyclic amines) is 1. The van der Waals surface area contributed by atoms with Crippen molar-refractivity contribution in [2.24, 2.45) is 5.73 Å². The number of aromatic nitrogens is 2. The average Bonchev–Trinajstić information content (AvgIpc) is 3.35. The van der Waals surface area contributed by atoms with Crippen molar-refractivity contribution in [3.8, 4) is 0 Å². The molecule has 0 spiro atoms. The third-order valence-electron chi connectivity index (χ3n) is 4.39. The highest BCUT2D eigenvalue weighted by Gasteiger charge is 2.37. The summed E-state index contributed by atoms with van der Waals surface area (Å²) in [6.45, 7) is -0.0510. The maximum absolute atomic E-state index is 12.5. The second kappa shape index (κ2) is 10.1. The molecule has 1 fully saturated rings.